The quantitative estimate of drug-likeness (QED) is 0.917. The molecule has 19 heavy (non-hydrogen) atoms. The van der Waals surface area contributed by atoms with Crippen molar-refractivity contribution in [2.75, 3.05) is 33.7 Å². The molecule has 1 aromatic carbocycles. The second-order valence-corrected chi connectivity index (χ2v) is 6.00. The first-order valence-corrected chi connectivity index (χ1v) is 7.25. The molecule has 3 nitrogen and oxygen atoms in total. The maximum absolute atomic E-state index is 10.5. The predicted molar refractivity (Wildman–Crippen MR) is 79.7 cm³/mol. The number of aliphatic hydroxyl groups excluding tert-OH is 1. The Morgan fingerprint density at radius 2 is 2.16 bits per heavy atom. The lowest BCUT2D eigenvalue weighted by molar-refractivity contribution is 0.0581. The third-order valence-corrected chi connectivity index (χ3v) is 4.13. The molecule has 2 unspecified atom stereocenters. The van der Waals surface area contributed by atoms with E-state index in [4.69, 9.17) is 11.6 Å². The van der Waals surface area contributed by atoms with Crippen LogP contribution in [0.15, 0.2) is 24.3 Å². The highest BCUT2D eigenvalue weighted by Crippen LogP contribution is 2.17. The molecule has 1 saturated heterocycles. The Morgan fingerprint density at radius 1 is 1.37 bits per heavy atom. The van der Waals surface area contributed by atoms with Gasteiger partial charge in [0.25, 0.3) is 0 Å². The van der Waals surface area contributed by atoms with Crippen LogP contribution in [0.2, 0.25) is 5.02 Å². The zero-order chi connectivity index (χ0) is 13.8. The molecule has 0 spiro atoms. The van der Waals surface area contributed by atoms with Crippen LogP contribution in [0.25, 0.3) is 0 Å². The molecule has 1 N–H and O–H groups in total. The Balaban J connectivity index is 2.03. The normalized spacial score (nSPS) is 24.1. The van der Waals surface area contributed by atoms with Gasteiger partial charge < -0.3 is 10.0 Å². The highest BCUT2D eigenvalue weighted by molar-refractivity contribution is 6.30. The molecule has 1 aliphatic heterocycles. The van der Waals surface area contributed by atoms with E-state index in [9.17, 15) is 5.11 Å². The van der Waals surface area contributed by atoms with Crippen LogP contribution in [0.4, 0.5) is 0 Å². The van der Waals surface area contributed by atoms with Gasteiger partial charge in [-0.25, -0.2) is 0 Å². The summed E-state index contributed by atoms with van der Waals surface area (Å²) in [6, 6.07) is 7.95. The summed E-state index contributed by atoms with van der Waals surface area (Å²) >= 11 is 5.99. The van der Waals surface area contributed by atoms with E-state index >= 15 is 0 Å². The molecule has 1 fully saturated rings. The zero-order valence-electron chi connectivity index (χ0n) is 11.7. The van der Waals surface area contributed by atoms with Crippen LogP contribution in [0.3, 0.4) is 0 Å². The van der Waals surface area contributed by atoms with Crippen molar-refractivity contribution in [3.8, 4) is 0 Å². The molecule has 1 aliphatic rings. The minimum Gasteiger partial charge on any atom is -0.391 e. The number of hydrogen-bond donors (Lipinski definition) is 1. The van der Waals surface area contributed by atoms with Gasteiger partial charge in [-0.15, -0.1) is 0 Å². The standard InChI is InChI=1S/C15H23ClN2O/c1-17-7-4-8-18(2)14(11-17)15(19)10-12-5-3-6-13(16)9-12/h3,5-6,9,14-15,19H,4,7-8,10-11H2,1-2H3. The van der Waals surface area contributed by atoms with Crippen LogP contribution >= 0.6 is 11.6 Å². The van der Waals surface area contributed by atoms with Crippen molar-refractivity contribution < 1.29 is 5.11 Å². The molecule has 2 rings (SSSR count). The largest absolute Gasteiger partial charge is 0.391 e. The molecule has 0 amide bonds. The fourth-order valence-electron chi connectivity index (χ4n) is 2.76. The number of likely N-dealkylation sites (N-methyl/N-ethyl adjacent to an activating group) is 2. The van der Waals surface area contributed by atoms with Gasteiger partial charge in [-0.2, -0.15) is 0 Å². The van der Waals surface area contributed by atoms with Crippen molar-refractivity contribution in [1.29, 1.82) is 0 Å². The Kier molecular flexibility index (Phi) is 5.22. The van der Waals surface area contributed by atoms with E-state index in [1.165, 1.54) is 0 Å². The first-order chi connectivity index (χ1) is 9.06. The van der Waals surface area contributed by atoms with Gasteiger partial charge in [0.2, 0.25) is 0 Å². The van der Waals surface area contributed by atoms with Crippen molar-refractivity contribution in [1.82, 2.24) is 9.80 Å². The summed E-state index contributed by atoms with van der Waals surface area (Å²) in [5.41, 5.74) is 1.10. The second-order valence-electron chi connectivity index (χ2n) is 5.57. The van der Waals surface area contributed by atoms with Crippen molar-refractivity contribution >= 4 is 11.6 Å². The summed E-state index contributed by atoms with van der Waals surface area (Å²) in [6.07, 6.45) is 1.46. The number of nitrogens with zero attached hydrogens (tertiary/aromatic N) is 2. The van der Waals surface area contributed by atoms with Crippen molar-refractivity contribution in [3.05, 3.63) is 34.9 Å². The predicted octanol–water partition coefficient (Wildman–Crippen LogP) is 1.88. The molecule has 0 saturated carbocycles. The van der Waals surface area contributed by atoms with Gasteiger partial charge in [0.05, 0.1) is 6.10 Å². The minimum atomic E-state index is -0.357. The fraction of sp³-hybridized carbons (Fsp3) is 0.600. The first-order valence-electron chi connectivity index (χ1n) is 6.87. The monoisotopic (exact) mass is 282 g/mol. The molecule has 4 heteroatoms. The maximum Gasteiger partial charge on any atom is 0.0747 e. The van der Waals surface area contributed by atoms with Crippen LogP contribution < -0.4 is 0 Å². The molecule has 0 aromatic heterocycles. The van der Waals surface area contributed by atoms with Crippen molar-refractivity contribution in [2.45, 2.75) is 25.0 Å². The maximum atomic E-state index is 10.5. The number of rotatable bonds is 3. The molecule has 1 heterocycles. The molecular formula is C15H23ClN2O. The number of benzene rings is 1. The van der Waals surface area contributed by atoms with Crippen LogP contribution in [0.5, 0.6) is 0 Å². The van der Waals surface area contributed by atoms with E-state index in [1.807, 2.05) is 24.3 Å². The average molecular weight is 283 g/mol. The van der Waals surface area contributed by atoms with Gasteiger partial charge in [0, 0.05) is 17.6 Å². The van der Waals surface area contributed by atoms with Gasteiger partial charge in [-0.05, 0) is 57.7 Å². The lowest BCUT2D eigenvalue weighted by Crippen LogP contribution is -2.46. The van der Waals surface area contributed by atoms with E-state index in [0.717, 1.165) is 36.6 Å². The van der Waals surface area contributed by atoms with E-state index in [0.29, 0.717) is 6.42 Å². The highest BCUT2D eigenvalue weighted by Gasteiger charge is 2.27. The van der Waals surface area contributed by atoms with E-state index in [1.54, 1.807) is 0 Å². The van der Waals surface area contributed by atoms with E-state index in [-0.39, 0.29) is 12.1 Å². The molecule has 106 valence electrons. The lowest BCUT2D eigenvalue weighted by Gasteiger charge is -2.31. The summed E-state index contributed by atoms with van der Waals surface area (Å²) in [4.78, 5) is 4.58. The Bertz CT molecular complexity index is 413. The third-order valence-electron chi connectivity index (χ3n) is 3.89. The fourth-order valence-corrected chi connectivity index (χ4v) is 2.98. The summed E-state index contributed by atoms with van der Waals surface area (Å²) in [6.45, 7) is 3.06. The van der Waals surface area contributed by atoms with Gasteiger partial charge in [-0.1, -0.05) is 23.7 Å². The molecule has 0 radical (unpaired) electrons. The zero-order valence-corrected chi connectivity index (χ0v) is 12.5. The lowest BCUT2D eigenvalue weighted by atomic mass is 10.0. The number of hydrogen-bond acceptors (Lipinski definition) is 3. The van der Waals surface area contributed by atoms with Crippen LogP contribution in [0.1, 0.15) is 12.0 Å². The average Bonchev–Trinajstić information content (AvgIpc) is 2.51. The van der Waals surface area contributed by atoms with E-state index in [2.05, 4.69) is 23.9 Å². The SMILES string of the molecule is CN1CCCN(C)C(C(O)Cc2cccc(Cl)c2)C1. The smallest absolute Gasteiger partial charge is 0.0747 e. The highest BCUT2D eigenvalue weighted by atomic mass is 35.5. The summed E-state index contributed by atoms with van der Waals surface area (Å²) < 4.78 is 0. The molecule has 1 aromatic rings. The molecular weight excluding hydrogens is 260 g/mol. The third kappa shape index (κ3) is 4.18. The van der Waals surface area contributed by atoms with E-state index < -0.39 is 0 Å². The van der Waals surface area contributed by atoms with Crippen LogP contribution in [-0.4, -0.2) is 60.8 Å². The summed E-state index contributed by atoms with van der Waals surface area (Å²) in [5.74, 6) is 0. The molecule has 0 bridgehead atoms. The van der Waals surface area contributed by atoms with Crippen molar-refractivity contribution in [2.24, 2.45) is 0 Å². The Hall–Kier alpha value is -0.610. The Labute approximate surface area is 120 Å². The Morgan fingerprint density at radius 3 is 2.89 bits per heavy atom. The van der Waals surface area contributed by atoms with Gasteiger partial charge >= 0.3 is 0 Å². The first kappa shape index (κ1) is 14.8. The van der Waals surface area contributed by atoms with Gasteiger partial charge in [-0.3, -0.25) is 4.90 Å². The second kappa shape index (κ2) is 6.71. The van der Waals surface area contributed by atoms with Crippen LogP contribution in [-0.2, 0) is 6.42 Å². The minimum absolute atomic E-state index is 0.187. The molecule has 2 atom stereocenters. The van der Waals surface area contributed by atoms with Crippen molar-refractivity contribution in [3.63, 3.8) is 0 Å². The number of halogens is 1. The van der Waals surface area contributed by atoms with Gasteiger partial charge in [0.15, 0.2) is 0 Å². The number of aliphatic hydroxyl groups is 1. The summed E-state index contributed by atoms with van der Waals surface area (Å²) in [7, 11) is 4.23. The summed E-state index contributed by atoms with van der Waals surface area (Å²) in [5, 5.41) is 11.3. The van der Waals surface area contributed by atoms with Gasteiger partial charge in [0.1, 0.15) is 0 Å². The van der Waals surface area contributed by atoms with Crippen LogP contribution in [0, 0.1) is 0 Å². The molecule has 0 aliphatic carbocycles. The topological polar surface area (TPSA) is 26.7 Å².